The van der Waals surface area contributed by atoms with Crippen LogP contribution < -0.4 is 5.32 Å². The van der Waals surface area contributed by atoms with E-state index in [1.807, 2.05) is 0 Å². The molecule has 5 heteroatoms. The normalized spacial score (nSPS) is 32.6. The van der Waals surface area contributed by atoms with Crippen LogP contribution >= 0.6 is 0 Å². The minimum absolute atomic E-state index is 0.250. The highest BCUT2D eigenvalue weighted by Crippen LogP contribution is 2.42. The molecule has 0 amide bonds. The molecule has 3 atom stereocenters. The number of aliphatic hydroxyl groups excluding tert-OH is 1. The van der Waals surface area contributed by atoms with E-state index >= 15 is 0 Å². The first-order valence-corrected chi connectivity index (χ1v) is 8.98. The first-order valence-electron chi connectivity index (χ1n) is 8.98. The van der Waals surface area contributed by atoms with Crippen molar-refractivity contribution < 1.29 is 18.6 Å². The van der Waals surface area contributed by atoms with Crippen LogP contribution in [-0.2, 0) is 4.74 Å². The smallest absolute Gasteiger partial charge is 0.275 e. The molecule has 1 heterocycles. The van der Waals surface area contributed by atoms with E-state index in [2.05, 4.69) is 18.8 Å². The maximum atomic E-state index is 14.7. The average molecular weight is 353 g/mol. The first-order chi connectivity index (χ1) is 11.8. The summed E-state index contributed by atoms with van der Waals surface area (Å²) < 4.78 is 34.5. The topological polar surface area (TPSA) is 41.5 Å². The number of unbranched alkanes of at least 4 members (excludes halogenated alkanes) is 1. The van der Waals surface area contributed by atoms with Gasteiger partial charge in [0.05, 0.1) is 7.11 Å². The lowest BCUT2D eigenvalue weighted by Gasteiger charge is -2.28. The summed E-state index contributed by atoms with van der Waals surface area (Å²) in [7, 11) is 1.53. The zero-order chi connectivity index (χ0) is 18.4. The van der Waals surface area contributed by atoms with E-state index in [0.717, 1.165) is 24.7 Å². The van der Waals surface area contributed by atoms with Gasteiger partial charge in [-0.05, 0) is 55.4 Å². The molecule has 2 aliphatic rings. The van der Waals surface area contributed by atoms with E-state index in [-0.39, 0.29) is 12.2 Å². The highest BCUT2D eigenvalue weighted by Gasteiger charge is 2.42. The van der Waals surface area contributed by atoms with Crippen LogP contribution in [-0.4, -0.2) is 24.2 Å². The predicted octanol–water partition coefficient (Wildman–Crippen LogP) is 5.24. The van der Waals surface area contributed by atoms with Gasteiger partial charge in [0.2, 0.25) is 0 Å². The van der Waals surface area contributed by atoms with E-state index in [4.69, 9.17) is 4.74 Å². The quantitative estimate of drug-likeness (QED) is 0.615. The number of nitrogens with one attached hydrogen (secondary N) is 1. The fourth-order valence-electron chi connectivity index (χ4n) is 3.16. The summed E-state index contributed by atoms with van der Waals surface area (Å²) in [6.07, 6.45) is 9.94. The highest BCUT2D eigenvalue weighted by molar-refractivity contribution is 5.26. The van der Waals surface area contributed by atoms with Gasteiger partial charge >= 0.3 is 0 Å². The van der Waals surface area contributed by atoms with Crippen LogP contribution in [0.4, 0.5) is 8.78 Å². The molecule has 1 fully saturated rings. The lowest BCUT2D eigenvalue weighted by Crippen LogP contribution is -2.45. The Morgan fingerprint density at radius 2 is 2.04 bits per heavy atom. The number of methoxy groups -OCH3 is 1. The summed E-state index contributed by atoms with van der Waals surface area (Å²) in [5, 5.41) is 12.8. The molecular weight excluding hydrogens is 324 g/mol. The molecule has 0 saturated heterocycles. The van der Waals surface area contributed by atoms with E-state index in [0.29, 0.717) is 24.3 Å². The number of ether oxygens (including phenoxy) is 1. The SMILES string of the molecule is C=C1/C=C\C(OC)=C/C/C=C(/O)C(C(F)(F)CCCC[C@@H]2CC2C)N1. The van der Waals surface area contributed by atoms with Crippen LogP contribution in [0.2, 0.25) is 0 Å². The Morgan fingerprint density at radius 3 is 2.68 bits per heavy atom. The van der Waals surface area contributed by atoms with E-state index < -0.39 is 12.0 Å². The second-order valence-corrected chi connectivity index (χ2v) is 7.09. The van der Waals surface area contributed by atoms with Gasteiger partial charge in [0.25, 0.3) is 5.92 Å². The average Bonchev–Trinajstić information content (AvgIpc) is 3.27. The molecule has 25 heavy (non-hydrogen) atoms. The van der Waals surface area contributed by atoms with Gasteiger partial charge in [-0.3, -0.25) is 0 Å². The zero-order valence-corrected chi connectivity index (χ0v) is 15.1. The summed E-state index contributed by atoms with van der Waals surface area (Å²) in [5.41, 5.74) is 0.307. The Labute approximate surface area is 149 Å². The number of hydrogen-bond donors (Lipinski definition) is 2. The number of halogens is 2. The molecule has 1 saturated carbocycles. The van der Waals surface area contributed by atoms with Crippen molar-refractivity contribution in [3.8, 4) is 0 Å². The molecule has 0 aromatic carbocycles. The summed E-state index contributed by atoms with van der Waals surface area (Å²) in [5.74, 6) is -1.33. The van der Waals surface area contributed by atoms with Crippen LogP contribution in [0.5, 0.6) is 0 Å². The van der Waals surface area contributed by atoms with Crippen molar-refractivity contribution in [3.05, 3.63) is 48.1 Å². The Bertz CT molecular complexity index is 566. The van der Waals surface area contributed by atoms with Gasteiger partial charge in [-0.15, -0.1) is 0 Å². The molecular formula is C20H29F2NO2. The van der Waals surface area contributed by atoms with Crippen molar-refractivity contribution in [1.29, 1.82) is 0 Å². The van der Waals surface area contributed by atoms with Crippen LogP contribution in [0.1, 0.15) is 45.4 Å². The van der Waals surface area contributed by atoms with Gasteiger partial charge in [0.15, 0.2) is 0 Å². The van der Waals surface area contributed by atoms with Crippen molar-refractivity contribution in [1.82, 2.24) is 5.32 Å². The Balaban J connectivity index is 1.99. The molecule has 0 spiro atoms. The van der Waals surface area contributed by atoms with Crippen LogP contribution in [0, 0.1) is 11.8 Å². The maximum absolute atomic E-state index is 14.7. The molecule has 0 aromatic rings. The molecule has 1 aliphatic heterocycles. The van der Waals surface area contributed by atoms with Gasteiger partial charge in [-0.25, -0.2) is 8.78 Å². The first kappa shape index (κ1) is 19.5. The molecule has 140 valence electrons. The largest absolute Gasteiger partial charge is 0.510 e. The molecule has 2 rings (SSSR count). The van der Waals surface area contributed by atoms with Crippen LogP contribution in [0.3, 0.4) is 0 Å². The fraction of sp³-hybridized carbons (Fsp3) is 0.600. The number of alkyl halides is 2. The monoisotopic (exact) mass is 353 g/mol. The van der Waals surface area contributed by atoms with Crippen molar-refractivity contribution in [2.75, 3.05) is 7.11 Å². The van der Waals surface area contributed by atoms with Crippen molar-refractivity contribution in [3.63, 3.8) is 0 Å². The van der Waals surface area contributed by atoms with E-state index in [9.17, 15) is 13.9 Å². The highest BCUT2D eigenvalue weighted by atomic mass is 19.3. The number of aliphatic hydroxyl groups is 1. The third-order valence-corrected chi connectivity index (χ3v) is 4.99. The second kappa shape index (κ2) is 8.54. The predicted molar refractivity (Wildman–Crippen MR) is 96.3 cm³/mol. The van der Waals surface area contributed by atoms with Gasteiger partial charge in [-0.1, -0.05) is 26.3 Å². The van der Waals surface area contributed by atoms with E-state index in [1.54, 1.807) is 18.2 Å². The lowest BCUT2D eigenvalue weighted by atomic mass is 9.99. The molecule has 0 aromatic heterocycles. The molecule has 0 bridgehead atoms. The lowest BCUT2D eigenvalue weighted by molar-refractivity contribution is -0.0427. The Hall–Kier alpha value is -1.78. The van der Waals surface area contributed by atoms with Crippen LogP contribution in [0.15, 0.2) is 48.1 Å². The molecule has 3 nitrogen and oxygen atoms in total. The maximum Gasteiger partial charge on any atom is 0.275 e. The minimum Gasteiger partial charge on any atom is -0.510 e. The third kappa shape index (κ3) is 5.91. The fourth-order valence-corrected chi connectivity index (χ4v) is 3.16. The number of rotatable bonds is 7. The van der Waals surface area contributed by atoms with Crippen molar-refractivity contribution in [2.45, 2.75) is 57.4 Å². The Kier molecular flexibility index (Phi) is 6.68. The van der Waals surface area contributed by atoms with Gasteiger partial charge in [-0.2, -0.15) is 0 Å². The van der Waals surface area contributed by atoms with Gasteiger partial charge < -0.3 is 15.2 Å². The molecule has 1 aliphatic carbocycles. The Morgan fingerprint density at radius 1 is 1.32 bits per heavy atom. The summed E-state index contributed by atoms with van der Waals surface area (Å²) >= 11 is 0. The standard InChI is InChI=1S/C20H29F2NO2/c1-14-13-16(14)7-4-5-12-20(21,22)19-18(24)9-6-8-17(25-3)11-10-15(2)23-19/h8-11,14,16,19,23-24H,2,4-7,12-13H2,1,3H3/b11-10-,17-8+,18-9+/t14?,16-,19?/m1/s1. The summed E-state index contributed by atoms with van der Waals surface area (Å²) in [6.45, 7) is 5.94. The van der Waals surface area contributed by atoms with Crippen molar-refractivity contribution in [2.24, 2.45) is 11.8 Å². The molecule has 2 unspecified atom stereocenters. The third-order valence-electron chi connectivity index (χ3n) is 4.99. The second-order valence-electron chi connectivity index (χ2n) is 7.09. The zero-order valence-electron chi connectivity index (χ0n) is 15.1. The minimum atomic E-state index is -3.04. The molecule has 2 N–H and O–H groups in total. The van der Waals surface area contributed by atoms with E-state index in [1.165, 1.54) is 19.6 Å². The van der Waals surface area contributed by atoms with Crippen molar-refractivity contribution >= 4 is 0 Å². The number of hydrogen-bond acceptors (Lipinski definition) is 3. The summed E-state index contributed by atoms with van der Waals surface area (Å²) in [4.78, 5) is 0. The summed E-state index contributed by atoms with van der Waals surface area (Å²) in [6, 6.07) is -1.46. The van der Waals surface area contributed by atoms with Crippen LogP contribution in [0.25, 0.3) is 0 Å². The molecule has 0 radical (unpaired) electrons. The number of allylic oxidation sites excluding steroid dienone is 4. The van der Waals surface area contributed by atoms with Gasteiger partial charge in [0.1, 0.15) is 17.6 Å². The van der Waals surface area contributed by atoms with Gasteiger partial charge in [0, 0.05) is 12.1 Å².